The van der Waals surface area contributed by atoms with E-state index in [2.05, 4.69) is 15.0 Å². The number of carbonyl (C=O) groups is 1. The van der Waals surface area contributed by atoms with E-state index in [1.807, 2.05) is 12.1 Å². The number of pyridine rings is 1. The summed E-state index contributed by atoms with van der Waals surface area (Å²) in [6, 6.07) is 14.9. The Morgan fingerprint density at radius 1 is 1.11 bits per heavy atom. The van der Waals surface area contributed by atoms with Crippen molar-refractivity contribution in [2.75, 3.05) is 18.9 Å². The van der Waals surface area contributed by atoms with Crippen LogP contribution in [0.25, 0.3) is 10.9 Å². The topological polar surface area (TPSA) is 54.5 Å². The summed E-state index contributed by atoms with van der Waals surface area (Å²) in [5.74, 6) is -0.560. The van der Waals surface area contributed by atoms with E-state index >= 15 is 0 Å². The van der Waals surface area contributed by atoms with Gasteiger partial charge in [-0.25, -0.2) is 0 Å². The van der Waals surface area contributed by atoms with E-state index < -0.39 is 6.36 Å². The molecule has 3 rings (SSSR count). The zero-order chi connectivity index (χ0) is 20.1. The van der Waals surface area contributed by atoms with Gasteiger partial charge in [0.05, 0.1) is 17.7 Å². The Labute approximate surface area is 159 Å². The van der Waals surface area contributed by atoms with Crippen LogP contribution in [0.5, 0.6) is 5.75 Å². The summed E-state index contributed by atoms with van der Waals surface area (Å²) in [6.45, 7) is 0.119. The number of amides is 1. The van der Waals surface area contributed by atoms with E-state index in [1.165, 1.54) is 18.2 Å². The molecular formula is C20H18F3N3O2. The smallest absolute Gasteiger partial charge is 0.405 e. The number of rotatable bonds is 6. The van der Waals surface area contributed by atoms with E-state index in [1.54, 1.807) is 42.4 Å². The molecule has 0 saturated heterocycles. The molecule has 0 aliphatic rings. The molecule has 5 nitrogen and oxygen atoms in total. The Hall–Kier alpha value is -3.13. The molecule has 1 amide bonds. The van der Waals surface area contributed by atoms with Crippen molar-refractivity contribution in [3.8, 4) is 5.75 Å². The van der Waals surface area contributed by atoms with E-state index in [4.69, 9.17) is 0 Å². The number of alkyl halides is 3. The van der Waals surface area contributed by atoms with Gasteiger partial charge in [-0.05, 0) is 37.4 Å². The molecular weight excluding hydrogens is 371 g/mol. The van der Waals surface area contributed by atoms with Crippen LogP contribution in [0.1, 0.15) is 5.56 Å². The number of nitrogens with zero attached hydrogens (tertiary/aromatic N) is 2. The highest BCUT2D eigenvalue weighted by molar-refractivity contribution is 6.01. The van der Waals surface area contributed by atoms with E-state index in [-0.39, 0.29) is 24.7 Å². The zero-order valence-electron chi connectivity index (χ0n) is 15.0. The second-order valence-corrected chi connectivity index (χ2v) is 6.25. The highest BCUT2D eigenvalue weighted by atomic mass is 19.4. The number of nitrogens with one attached hydrogen (secondary N) is 1. The van der Waals surface area contributed by atoms with E-state index in [0.29, 0.717) is 11.3 Å². The Bertz CT molecular complexity index is 971. The molecule has 0 atom stereocenters. The van der Waals surface area contributed by atoms with Crippen LogP contribution in [-0.2, 0) is 11.3 Å². The first-order valence-corrected chi connectivity index (χ1v) is 8.47. The summed E-state index contributed by atoms with van der Waals surface area (Å²) < 4.78 is 41.6. The number of benzene rings is 2. The van der Waals surface area contributed by atoms with Crippen LogP contribution < -0.4 is 10.1 Å². The number of hydrogen-bond donors (Lipinski definition) is 1. The molecule has 0 spiro atoms. The lowest BCUT2D eigenvalue weighted by Crippen LogP contribution is -2.30. The number of anilines is 1. The lowest BCUT2D eigenvalue weighted by atomic mass is 10.2. The Morgan fingerprint density at radius 2 is 1.89 bits per heavy atom. The van der Waals surface area contributed by atoms with Gasteiger partial charge in [-0.3, -0.25) is 14.7 Å². The normalized spacial score (nSPS) is 11.6. The van der Waals surface area contributed by atoms with Gasteiger partial charge in [0.1, 0.15) is 5.75 Å². The van der Waals surface area contributed by atoms with Gasteiger partial charge in [-0.15, -0.1) is 13.2 Å². The maximum atomic E-state index is 12.5. The summed E-state index contributed by atoms with van der Waals surface area (Å²) in [5.41, 5.74) is 1.72. The molecule has 0 aliphatic heterocycles. The van der Waals surface area contributed by atoms with E-state index in [9.17, 15) is 18.0 Å². The summed E-state index contributed by atoms with van der Waals surface area (Å²) in [6.07, 6.45) is -3.10. The summed E-state index contributed by atoms with van der Waals surface area (Å²) in [5, 5.41) is 3.63. The van der Waals surface area contributed by atoms with Crippen LogP contribution in [0.2, 0.25) is 0 Å². The Kier molecular flexibility index (Phi) is 5.79. The standard InChI is InChI=1S/C20H18F3N3O2/c1-26(12-14-6-2-3-10-18(14)28-20(21,22)23)13-19(27)25-17-9-4-8-16-15(17)7-5-11-24-16/h2-11H,12-13H2,1H3,(H,25,27). The van der Waals surface area contributed by atoms with Crippen molar-refractivity contribution in [1.29, 1.82) is 0 Å². The van der Waals surface area contributed by atoms with Gasteiger partial charge >= 0.3 is 6.36 Å². The number of carbonyl (C=O) groups excluding carboxylic acids is 1. The molecule has 146 valence electrons. The molecule has 0 saturated carbocycles. The molecule has 1 aromatic heterocycles. The molecule has 2 aromatic carbocycles. The van der Waals surface area contributed by atoms with Gasteiger partial charge in [0, 0.05) is 23.7 Å². The molecule has 0 aliphatic carbocycles. The Morgan fingerprint density at radius 3 is 2.68 bits per heavy atom. The SMILES string of the molecule is CN(CC(=O)Nc1cccc2ncccc12)Cc1ccccc1OC(F)(F)F. The van der Waals surface area contributed by atoms with Crippen molar-refractivity contribution < 1.29 is 22.7 Å². The lowest BCUT2D eigenvalue weighted by molar-refractivity contribution is -0.275. The summed E-state index contributed by atoms with van der Waals surface area (Å²) >= 11 is 0. The van der Waals surface area contributed by atoms with Gasteiger partial charge in [0.15, 0.2) is 0 Å². The quantitative estimate of drug-likeness (QED) is 0.686. The minimum atomic E-state index is -4.77. The van der Waals surface area contributed by atoms with Gasteiger partial charge < -0.3 is 10.1 Å². The number of para-hydroxylation sites is 1. The number of fused-ring (bicyclic) bond motifs is 1. The highest BCUT2D eigenvalue weighted by Crippen LogP contribution is 2.27. The third-order valence-electron chi connectivity index (χ3n) is 3.97. The Balaban J connectivity index is 1.65. The number of halogens is 3. The molecule has 0 bridgehead atoms. The number of ether oxygens (including phenoxy) is 1. The number of hydrogen-bond acceptors (Lipinski definition) is 4. The molecule has 0 radical (unpaired) electrons. The van der Waals surface area contributed by atoms with Crippen molar-refractivity contribution in [1.82, 2.24) is 9.88 Å². The molecule has 3 aromatic rings. The van der Waals surface area contributed by atoms with Crippen LogP contribution in [-0.4, -0.2) is 35.7 Å². The third-order valence-corrected chi connectivity index (χ3v) is 3.97. The zero-order valence-corrected chi connectivity index (χ0v) is 15.0. The van der Waals surface area contributed by atoms with Crippen LogP contribution in [0.15, 0.2) is 60.8 Å². The monoisotopic (exact) mass is 389 g/mol. The number of aromatic nitrogens is 1. The van der Waals surface area contributed by atoms with Crippen LogP contribution in [0, 0.1) is 0 Å². The highest BCUT2D eigenvalue weighted by Gasteiger charge is 2.32. The predicted molar refractivity (Wildman–Crippen MR) is 99.8 cm³/mol. The average molecular weight is 389 g/mol. The van der Waals surface area contributed by atoms with Crippen molar-refractivity contribution >= 4 is 22.5 Å². The van der Waals surface area contributed by atoms with E-state index in [0.717, 1.165) is 10.9 Å². The van der Waals surface area contributed by atoms with Crippen LogP contribution in [0.4, 0.5) is 18.9 Å². The van der Waals surface area contributed by atoms with Crippen molar-refractivity contribution in [2.45, 2.75) is 12.9 Å². The minimum absolute atomic E-state index is 0.00297. The fourth-order valence-corrected chi connectivity index (χ4v) is 2.85. The first-order chi connectivity index (χ1) is 13.3. The van der Waals surface area contributed by atoms with Crippen molar-refractivity contribution in [3.05, 3.63) is 66.4 Å². The second kappa shape index (κ2) is 8.26. The van der Waals surface area contributed by atoms with Crippen molar-refractivity contribution in [3.63, 3.8) is 0 Å². The first-order valence-electron chi connectivity index (χ1n) is 8.47. The van der Waals surface area contributed by atoms with Crippen molar-refractivity contribution in [2.24, 2.45) is 0 Å². The summed E-state index contributed by atoms with van der Waals surface area (Å²) in [7, 11) is 1.65. The van der Waals surface area contributed by atoms with Gasteiger partial charge in [-0.1, -0.05) is 24.3 Å². The first kappa shape index (κ1) is 19.6. The lowest BCUT2D eigenvalue weighted by Gasteiger charge is -2.19. The van der Waals surface area contributed by atoms with Crippen LogP contribution >= 0.6 is 0 Å². The average Bonchev–Trinajstić information content (AvgIpc) is 2.62. The number of likely N-dealkylation sites (N-methyl/N-ethyl adjacent to an activating group) is 1. The molecule has 1 N–H and O–H groups in total. The fourth-order valence-electron chi connectivity index (χ4n) is 2.85. The molecule has 0 fully saturated rings. The van der Waals surface area contributed by atoms with Gasteiger partial charge in [-0.2, -0.15) is 0 Å². The summed E-state index contributed by atoms with van der Waals surface area (Å²) in [4.78, 5) is 18.2. The minimum Gasteiger partial charge on any atom is -0.405 e. The second-order valence-electron chi connectivity index (χ2n) is 6.25. The fraction of sp³-hybridized carbons (Fsp3) is 0.200. The van der Waals surface area contributed by atoms with Gasteiger partial charge in [0.25, 0.3) is 0 Å². The maximum absolute atomic E-state index is 12.5. The molecule has 0 unspecified atom stereocenters. The largest absolute Gasteiger partial charge is 0.573 e. The van der Waals surface area contributed by atoms with Crippen LogP contribution in [0.3, 0.4) is 0 Å². The van der Waals surface area contributed by atoms with Gasteiger partial charge in [0.2, 0.25) is 5.91 Å². The maximum Gasteiger partial charge on any atom is 0.573 e. The molecule has 28 heavy (non-hydrogen) atoms. The third kappa shape index (κ3) is 5.20. The molecule has 1 heterocycles. The predicted octanol–water partition coefficient (Wildman–Crippen LogP) is 4.20. The molecule has 8 heteroatoms.